The normalized spacial score (nSPS) is 11.2. The Kier molecular flexibility index (Phi) is 3.26. The first-order valence-electron chi connectivity index (χ1n) is 6.70. The molecule has 0 atom stereocenters. The number of benzene rings is 2. The number of rotatable bonds is 3. The van der Waals surface area contributed by atoms with Crippen molar-refractivity contribution in [3.05, 3.63) is 71.4 Å². The van der Waals surface area contributed by atoms with Gasteiger partial charge >= 0.3 is 0 Å². The Bertz CT molecular complexity index is 739. The van der Waals surface area contributed by atoms with Crippen LogP contribution in [-0.2, 0) is 13.0 Å². The number of nitrogens with zero attached hydrogens (tertiary/aromatic N) is 1. The first-order valence-corrected chi connectivity index (χ1v) is 6.70. The monoisotopic (exact) mass is 271 g/mol. The zero-order valence-electron chi connectivity index (χ0n) is 11.2. The van der Waals surface area contributed by atoms with Crippen LogP contribution in [0.4, 0.5) is 8.78 Å². The van der Waals surface area contributed by atoms with Gasteiger partial charge in [0, 0.05) is 11.8 Å². The summed E-state index contributed by atoms with van der Waals surface area (Å²) < 4.78 is 29.5. The highest BCUT2D eigenvalue weighted by Gasteiger charge is 2.11. The van der Waals surface area contributed by atoms with E-state index in [1.54, 1.807) is 0 Å². The molecule has 102 valence electrons. The van der Waals surface area contributed by atoms with Crippen LogP contribution in [0.3, 0.4) is 0 Å². The summed E-state index contributed by atoms with van der Waals surface area (Å²) in [6.45, 7) is 2.29. The van der Waals surface area contributed by atoms with Crippen molar-refractivity contribution in [1.82, 2.24) is 4.57 Å². The molecule has 2 aromatic carbocycles. The van der Waals surface area contributed by atoms with Crippen LogP contribution in [0.25, 0.3) is 10.9 Å². The van der Waals surface area contributed by atoms with E-state index in [1.807, 2.05) is 29.0 Å². The average molecular weight is 271 g/mol. The minimum absolute atomic E-state index is 0.107. The number of halogens is 2. The Morgan fingerprint density at radius 2 is 1.65 bits per heavy atom. The number of fused-ring (bicyclic) bond motifs is 1. The van der Waals surface area contributed by atoms with Gasteiger partial charge in [-0.2, -0.15) is 0 Å². The van der Waals surface area contributed by atoms with Crippen LogP contribution in [0.1, 0.15) is 18.1 Å². The van der Waals surface area contributed by atoms with E-state index >= 15 is 0 Å². The molecule has 0 aliphatic carbocycles. The Morgan fingerprint density at radius 3 is 2.35 bits per heavy atom. The highest BCUT2D eigenvalue weighted by molar-refractivity contribution is 5.83. The van der Waals surface area contributed by atoms with Gasteiger partial charge in [-0.05, 0) is 35.6 Å². The SMILES string of the molecule is CCc1cccc2ccn(Cc3c(F)cccc3F)c12. The molecular weight excluding hydrogens is 256 g/mol. The Hall–Kier alpha value is -2.16. The number of para-hydroxylation sites is 1. The smallest absolute Gasteiger partial charge is 0.131 e. The van der Waals surface area contributed by atoms with E-state index in [2.05, 4.69) is 13.0 Å². The van der Waals surface area contributed by atoms with Gasteiger partial charge in [0.25, 0.3) is 0 Å². The quantitative estimate of drug-likeness (QED) is 0.659. The molecule has 20 heavy (non-hydrogen) atoms. The van der Waals surface area contributed by atoms with Gasteiger partial charge < -0.3 is 4.57 Å². The number of aromatic nitrogens is 1. The Morgan fingerprint density at radius 1 is 0.950 bits per heavy atom. The molecule has 1 nitrogen and oxygen atoms in total. The summed E-state index contributed by atoms with van der Waals surface area (Å²) in [7, 11) is 0. The molecule has 3 aromatic rings. The van der Waals surface area contributed by atoms with Crippen LogP contribution in [0, 0.1) is 11.6 Å². The fourth-order valence-corrected chi connectivity index (χ4v) is 2.61. The van der Waals surface area contributed by atoms with Gasteiger partial charge in [-0.3, -0.25) is 0 Å². The summed E-state index contributed by atoms with van der Waals surface area (Å²) in [6.07, 6.45) is 2.77. The second kappa shape index (κ2) is 5.08. The molecule has 3 heteroatoms. The van der Waals surface area contributed by atoms with Crippen molar-refractivity contribution < 1.29 is 8.78 Å². The average Bonchev–Trinajstić information content (AvgIpc) is 2.86. The largest absolute Gasteiger partial charge is 0.343 e. The highest BCUT2D eigenvalue weighted by Crippen LogP contribution is 2.23. The van der Waals surface area contributed by atoms with E-state index in [0.29, 0.717) is 0 Å². The summed E-state index contributed by atoms with van der Waals surface area (Å²) >= 11 is 0. The lowest BCUT2D eigenvalue weighted by Gasteiger charge is -2.10. The van der Waals surface area contributed by atoms with E-state index in [0.717, 1.165) is 17.3 Å². The molecular formula is C17H15F2N. The molecule has 0 saturated carbocycles. The van der Waals surface area contributed by atoms with Crippen molar-refractivity contribution in [3.8, 4) is 0 Å². The zero-order chi connectivity index (χ0) is 14.1. The van der Waals surface area contributed by atoms with Crippen LogP contribution < -0.4 is 0 Å². The minimum atomic E-state index is -0.499. The highest BCUT2D eigenvalue weighted by atomic mass is 19.1. The van der Waals surface area contributed by atoms with Gasteiger partial charge in [-0.15, -0.1) is 0 Å². The van der Waals surface area contributed by atoms with Crippen LogP contribution >= 0.6 is 0 Å². The molecule has 0 aliphatic heterocycles. The van der Waals surface area contributed by atoms with E-state index in [9.17, 15) is 8.78 Å². The molecule has 0 saturated heterocycles. The lowest BCUT2D eigenvalue weighted by Crippen LogP contribution is -2.04. The van der Waals surface area contributed by atoms with Crippen LogP contribution in [0.2, 0.25) is 0 Å². The van der Waals surface area contributed by atoms with Gasteiger partial charge in [0.1, 0.15) is 11.6 Å². The Labute approximate surface area is 116 Å². The van der Waals surface area contributed by atoms with Gasteiger partial charge in [0.2, 0.25) is 0 Å². The molecule has 3 rings (SSSR count). The standard InChI is InChI=1S/C17H15F2N/c1-2-12-5-3-6-13-9-10-20(17(12)13)11-14-15(18)7-4-8-16(14)19/h3-10H,2,11H2,1H3. The van der Waals surface area contributed by atoms with E-state index in [-0.39, 0.29) is 12.1 Å². The third-order valence-corrected chi connectivity index (χ3v) is 3.64. The van der Waals surface area contributed by atoms with Gasteiger partial charge in [0.05, 0.1) is 12.1 Å². The zero-order valence-corrected chi connectivity index (χ0v) is 11.2. The van der Waals surface area contributed by atoms with Crippen molar-refractivity contribution in [2.24, 2.45) is 0 Å². The van der Waals surface area contributed by atoms with Crippen molar-refractivity contribution in [3.63, 3.8) is 0 Å². The lowest BCUT2D eigenvalue weighted by molar-refractivity contribution is 0.547. The van der Waals surface area contributed by atoms with E-state index in [4.69, 9.17) is 0 Å². The summed E-state index contributed by atoms with van der Waals surface area (Å²) in [5.41, 5.74) is 2.35. The number of aryl methyl sites for hydroxylation is 1. The lowest BCUT2D eigenvalue weighted by atomic mass is 10.1. The molecule has 0 N–H and O–H groups in total. The van der Waals surface area contributed by atoms with Crippen molar-refractivity contribution >= 4 is 10.9 Å². The molecule has 1 heterocycles. The van der Waals surface area contributed by atoms with E-state index < -0.39 is 11.6 Å². The fourth-order valence-electron chi connectivity index (χ4n) is 2.61. The maximum Gasteiger partial charge on any atom is 0.131 e. The van der Waals surface area contributed by atoms with Crippen LogP contribution in [0.5, 0.6) is 0 Å². The first kappa shape index (κ1) is 12.9. The summed E-state index contributed by atoms with van der Waals surface area (Å²) in [5, 5.41) is 1.10. The second-order valence-electron chi connectivity index (χ2n) is 4.85. The fraction of sp³-hybridized carbons (Fsp3) is 0.176. The van der Waals surface area contributed by atoms with Gasteiger partial charge in [0.15, 0.2) is 0 Å². The van der Waals surface area contributed by atoms with Crippen molar-refractivity contribution in [1.29, 1.82) is 0 Å². The molecule has 0 fully saturated rings. The maximum absolute atomic E-state index is 13.8. The minimum Gasteiger partial charge on any atom is -0.343 e. The van der Waals surface area contributed by atoms with E-state index in [1.165, 1.54) is 23.8 Å². The molecule has 0 bridgehead atoms. The summed E-state index contributed by atoms with van der Waals surface area (Å²) in [5.74, 6) is -0.998. The van der Waals surface area contributed by atoms with Gasteiger partial charge in [-0.25, -0.2) is 8.78 Å². The van der Waals surface area contributed by atoms with Crippen molar-refractivity contribution in [2.75, 3.05) is 0 Å². The molecule has 1 aromatic heterocycles. The van der Waals surface area contributed by atoms with Gasteiger partial charge in [-0.1, -0.05) is 31.2 Å². The molecule has 0 radical (unpaired) electrons. The molecule has 0 unspecified atom stereocenters. The summed E-state index contributed by atoms with van der Waals surface area (Å²) in [4.78, 5) is 0. The van der Waals surface area contributed by atoms with Crippen molar-refractivity contribution in [2.45, 2.75) is 19.9 Å². The third-order valence-electron chi connectivity index (χ3n) is 3.64. The Balaban J connectivity index is 2.12. The topological polar surface area (TPSA) is 4.93 Å². The van der Waals surface area contributed by atoms with Crippen LogP contribution in [-0.4, -0.2) is 4.57 Å². The predicted octanol–water partition coefficient (Wildman–Crippen LogP) is 4.53. The molecule has 0 spiro atoms. The maximum atomic E-state index is 13.8. The second-order valence-corrected chi connectivity index (χ2v) is 4.85. The van der Waals surface area contributed by atoms with Crippen LogP contribution in [0.15, 0.2) is 48.7 Å². The first-order chi connectivity index (χ1) is 9.70. The predicted molar refractivity (Wildman–Crippen MR) is 76.8 cm³/mol. The molecule has 0 amide bonds. The number of hydrogen-bond donors (Lipinski definition) is 0. The third kappa shape index (κ3) is 2.09. The molecule has 0 aliphatic rings. The summed E-state index contributed by atoms with van der Waals surface area (Å²) in [6, 6.07) is 12.0. The number of hydrogen-bond acceptors (Lipinski definition) is 0.